The fourth-order valence-corrected chi connectivity index (χ4v) is 6.03. The van der Waals surface area contributed by atoms with Crippen molar-refractivity contribution in [3.63, 3.8) is 0 Å². The Kier molecular flexibility index (Phi) is 7.82. The van der Waals surface area contributed by atoms with E-state index in [0.29, 0.717) is 4.90 Å². The lowest BCUT2D eigenvalue weighted by Gasteiger charge is -2.22. The van der Waals surface area contributed by atoms with Gasteiger partial charge in [-0.15, -0.1) is 11.8 Å². The number of hydrogen-bond acceptors (Lipinski definition) is 3. The molecule has 0 aliphatic carbocycles. The van der Waals surface area contributed by atoms with E-state index in [0.717, 1.165) is 18.4 Å². The Balaban J connectivity index is 2.79. The van der Waals surface area contributed by atoms with Gasteiger partial charge in [0.25, 0.3) is 0 Å². The third kappa shape index (κ3) is 5.33. The van der Waals surface area contributed by atoms with Crippen molar-refractivity contribution in [2.45, 2.75) is 62.4 Å². The van der Waals surface area contributed by atoms with Gasteiger partial charge in [0.05, 0.1) is 4.90 Å². The number of hydrogen-bond donors (Lipinski definition) is 0. The average molecular weight is 329 g/mol. The Labute approximate surface area is 134 Å². The van der Waals surface area contributed by atoms with Crippen molar-refractivity contribution in [3.05, 3.63) is 29.8 Å². The van der Waals surface area contributed by atoms with E-state index in [1.54, 1.807) is 12.1 Å². The van der Waals surface area contributed by atoms with Crippen molar-refractivity contribution in [1.29, 1.82) is 0 Å². The second-order valence-electron chi connectivity index (χ2n) is 5.79. The minimum atomic E-state index is -3.25. The van der Waals surface area contributed by atoms with Crippen LogP contribution in [0.15, 0.2) is 29.2 Å². The van der Waals surface area contributed by atoms with Crippen LogP contribution in [0.5, 0.6) is 0 Å². The lowest BCUT2D eigenvalue weighted by Crippen LogP contribution is -2.25. The maximum absolute atomic E-state index is 12.8. The van der Waals surface area contributed by atoms with Gasteiger partial charge in [0.2, 0.25) is 0 Å². The van der Waals surface area contributed by atoms with Gasteiger partial charge in [0.1, 0.15) is 4.58 Å². The fraction of sp³-hybridized carbons (Fsp3) is 0.647. The molecule has 4 heteroatoms. The van der Waals surface area contributed by atoms with Gasteiger partial charge in [0, 0.05) is 0 Å². The molecule has 0 radical (unpaired) electrons. The monoisotopic (exact) mass is 328 g/mol. The van der Waals surface area contributed by atoms with E-state index in [4.69, 9.17) is 0 Å². The predicted molar refractivity (Wildman–Crippen MR) is 93.6 cm³/mol. The third-order valence-electron chi connectivity index (χ3n) is 3.87. The van der Waals surface area contributed by atoms with Gasteiger partial charge >= 0.3 is 0 Å². The molecule has 0 saturated heterocycles. The number of thioether (sulfide) groups is 1. The largest absolute Gasteiger partial charge is 0.223 e. The van der Waals surface area contributed by atoms with Gasteiger partial charge in [0.15, 0.2) is 9.84 Å². The van der Waals surface area contributed by atoms with Crippen molar-refractivity contribution < 1.29 is 8.42 Å². The van der Waals surface area contributed by atoms with Crippen molar-refractivity contribution in [3.8, 4) is 0 Å². The topological polar surface area (TPSA) is 34.1 Å². The Morgan fingerprint density at radius 3 is 2.24 bits per heavy atom. The molecule has 21 heavy (non-hydrogen) atoms. The fourth-order valence-electron chi connectivity index (χ4n) is 2.56. The zero-order chi connectivity index (χ0) is 15.9. The van der Waals surface area contributed by atoms with E-state index >= 15 is 0 Å². The molecule has 0 fully saturated rings. The molecule has 120 valence electrons. The van der Waals surface area contributed by atoms with E-state index in [9.17, 15) is 8.42 Å². The third-order valence-corrected chi connectivity index (χ3v) is 8.14. The van der Waals surface area contributed by atoms with Crippen LogP contribution in [0.3, 0.4) is 0 Å². The summed E-state index contributed by atoms with van der Waals surface area (Å²) in [5.41, 5.74) is 1.09. The van der Waals surface area contributed by atoms with Crippen LogP contribution >= 0.6 is 11.8 Å². The van der Waals surface area contributed by atoms with Crippen molar-refractivity contribution >= 4 is 21.6 Å². The van der Waals surface area contributed by atoms with Crippen LogP contribution in [0.4, 0.5) is 0 Å². The van der Waals surface area contributed by atoms with E-state index in [2.05, 4.69) is 13.8 Å². The Hall–Kier alpha value is -0.480. The summed E-state index contributed by atoms with van der Waals surface area (Å²) in [5.74, 6) is 0.183. The second-order valence-corrected chi connectivity index (χ2v) is 9.14. The average Bonchev–Trinajstić information content (AvgIpc) is 2.44. The summed E-state index contributed by atoms with van der Waals surface area (Å²) < 4.78 is 25.2. The van der Waals surface area contributed by atoms with Crippen LogP contribution in [-0.2, 0) is 9.84 Å². The minimum Gasteiger partial charge on any atom is -0.223 e. The lowest BCUT2D eigenvalue weighted by atomic mass is 10.0. The summed E-state index contributed by atoms with van der Waals surface area (Å²) in [7, 11) is -3.25. The molecule has 1 rings (SSSR count). The number of benzene rings is 1. The van der Waals surface area contributed by atoms with Crippen molar-refractivity contribution in [2.24, 2.45) is 5.92 Å². The molecule has 2 atom stereocenters. The van der Waals surface area contributed by atoms with Crippen LogP contribution in [0.1, 0.15) is 51.5 Å². The number of unbranched alkanes of at least 4 members (excludes halogenated alkanes) is 3. The molecule has 0 N–H and O–H groups in total. The SMILES string of the molecule is CCCCCC[C@@H](C)C(SC)S(=O)(=O)c1ccc(C)cc1. The lowest BCUT2D eigenvalue weighted by molar-refractivity contribution is 0.500. The minimum absolute atomic E-state index is 0.183. The Morgan fingerprint density at radius 1 is 1.10 bits per heavy atom. The van der Waals surface area contributed by atoms with Gasteiger partial charge in [-0.25, -0.2) is 8.42 Å². The maximum Gasteiger partial charge on any atom is 0.190 e. The van der Waals surface area contributed by atoms with Crippen molar-refractivity contribution in [1.82, 2.24) is 0 Å². The summed E-state index contributed by atoms with van der Waals surface area (Å²) in [6.45, 7) is 6.23. The molecular weight excluding hydrogens is 300 g/mol. The summed E-state index contributed by atoms with van der Waals surface area (Å²) in [6.07, 6.45) is 7.65. The smallest absolute Gasteiger partial charge is 0.190 e. The Morgan fingerprint density at radius 2 is 1.71 bits per heavy atom. The normalized spacial score (nSPS) is 14.9. The molecule has 2 nitrogen and oxygen atoms in total. The van der Waals surface area contributed by atoms with E-state index in [-0.39, 0.29) is 10.5 Å². The number of rotatable bonds is 9. The highest BCUT2D eigenvalue weighted by atomic mass is 32.3. The molecule has 0 saturated carbocycles. The first kappa shape index (κ1) is 18.6. The van der Waals surface area contributed by atoms with Crippen LogP contribution in [-0.4, -0.2) is 19.3 Å². The molecule has 0 heterocycles. The van der Waals surface area contributed by atoms with Crippen LogP contribution < -0.4 is 0 Å². The molecular formula is C17H28O2S2. The molecule has 0 aromatic heterocycles. The highest BCUT2D eigenvalue weighted by molar-refractivity contribution is 8.13. The Bertz CT molecular complexity index is 506. The predicted octanol–water partition coefficient (Wildman–Crippen LogP) is 5.06. The summed E-state index contributed by atoms with van der Waals surface area (Å²) in [6, 6.07) is 7.21. The van der Waals surface area contributed by atoms with Gasteiger partial charge < -0.3 is 0 Å². The van der Waals surface area contributed by atoms with Gasteiger partial charge in [-0.3, -0.25) is 0 Å². The van der Waals surface area contributed by atoms with Crippen LogP contribution in [0.2, 0.25) is 0 Å². The number of sulfone groups is 1. The molecule has 1 unspecified atom stereocenters. The zero-order valence-electron chi connectivity index (χ0n) is 13.6. The second kappa shape index (κ2) is 8.84. The molecule has 1 aromatic carbocycles. The zero-order valence-corrected chi connectivity index (χ0v) is 15.3. The first-order valence-corrected chi connectivity index (χ1v) is 10.6. The van der Waals surface area contributed by atoms with Gasteiger partial charge in [-0.2, -0.15) is 0 Å². The standard InChI is InChI=1S/C17H28O2S2/c1-5-6-7-8-9-15(3)17(20-4)21(18,19)16-12-10-14(2)11-13-16/h10-13,15,17H,5-9H2,1-4H3/t15-,17?/m1/s1. The molecule has 0 aliphatic rings. The van der Waals surface area contributed by atoms with Crippen molar-refractivity contribution in [2.75, 3.05) is 6.26 Å². The molecule has 0 bridgehead atoms. The maximum atomic E-state index is 12.8. The first-order chi connectivity index (χ1) is 9.93. The highest BCUT2D eigenvalue weighted by Crippen LogP contribution is 2.31. The van der Waals surface area contributed by atoms with E-state index in [1.165, 1.54) is 31.0 Å². The quantitative estimate of drug-likeness (QED) is 0.594. The number of aryl methyl sites for hydroxylation is 1. The van der Waals surface area contributed by atoms with Gasteiger partial charge in [-0.1, -0.05) is 57.2 Å². The van der Waals surface area contributed by atoms with E-state index in [1.807, 2.05) is 25.3 Å². The summed E-state index contributed by atoms with van der Waals surface area (Å²) >= 11 is 1.46. The molecule has 0 aliphatic heterocycles. The van der Waals surface area contributed by atoms with Crippen LogP contribution in [0.25, 0.3) is 0 Å². The van der Waals surface area contributed by atoms with E-state index < -0.39 is 9.84 Å². The summed E-state index contributed by atoms with van der Waals surface area (Å²) in [4.78, 5) is 0.452. The van der Waals surface area contributed by atoms with Crippen LogP contribution in [0, 0.1) is 12.8 Å². The molecule has 0 spiro atoms. The summed E-state index contributed by atoms with van der Waals surface area (Å²) in [5, 5.41) is 0. The molecule has 0 amide bonds. The highest BCUT2D eigenvalue weighted by Gasteiger charge is 2.31. The van der Waals surface area contributed by atoms with Gasteiger partial charge in [-0.05, 0) is 37.7 Å². The molecule has 1 aromatic rings. The first-order valence-electron chi connectivity index (χ1n) is 7.76.